The number of amides is 1. The predicted octanol–water partition coefficient (Wildman–Crippen LogP) is 2.90. The first kappa shape index (κ1) is 20.3. The lowest BCUT2D eigenvalue weighted by Crippen LogP contribution is -2.23. The molecule has 0 spiro atoms. The topological polar surface area (TPSA) is 114 Å². The van der Waals surface area contributed by atoms with Gasteiger partial charge in [-0.15, -0.1) is 10.2 Å². The number of hydrogen-bond donors (Lipinski definition) is 2. The molecule has 0 fully saturated rings. The summed E-state index contributed by atoms with van der Waals surface area (Å²) in [6, 6.07) is 1.97. The van der Waals surface area contributed by atoms with Crippen LogP contribution in [0.3, 0.4) is 0 Å². The first-order valence-electron chi connectivity index (χ1n) is 8.67. The number of nitrogens with one attached hydrogen (secondary N) is 2. The SMILES string of the molecule is O=C(NCc1nnc(-c2cnccn2)s1)c1cc(C(=O)c2c(F)cc(F)cc2F)c[nH]1. The van der Waals surface area contributed by atoms with Crippen LogP contribution in [0.1, 0.15) is 31.4 Å². The van der Waals surface area contributed by atoms with Crippen molar-refractivity contribution in [1.29, 1.82) is 0 Å². The zero-order chi connectivity index (χ0) is 22.0. The molecule has 0 bridgehead atoms. The molecule has 12 heteroatoms. The Hall–Kier alpha value is -3.93. The van der Waals surface area contributed by atoms with Gasteiger partial charge in [-0.1, -0.05) is 11.3 Å². The fourth-order valence-electron chi connectivity index (χ4n) is 2.65. The van der Waals surface area contributed by atoms with E-state index in [1.807, 2.05) is 0 Å². The highest BCUT2D eigenvalue weighted by atomic mass is 32.1. The second-order valence-corrected chi connectivity index (χ2v) is 7.21. The van der Waals surface area contributed by atoms with E-state index < -0.39 is 34.7 Å². The van der Waals surface area contributed by atoms with Gasteiger partial charge in [0.1, 0.15) is 33.8 Å². The van der Waals surface area contributed by atoms with E-state index in [1.165, 1.54) is 29.9 Å². The molecule has 0 aliphatic heterocycles. The first-order valence-corrected chi connectivity index (χ1v) is 9.48. The summed E-state index contributed by atoms with van der Waals surface area (Å²) in [6.45, 7) is 0.0558. The maximum absolute atomic E-state index is 13.8. The van der Waals surface area contributed by atoms with Crippen LogP contribution in [0.15, 0.2) is 43.0 Å². The summed E-state index contributed by atoms with van der Waals surface area (Å²) in [7, 11) is 0. The quantitative estimate of drug-likeness (QED) is 0.442. The number of hydrogen-bond acceptors (Lipinski definition) is 7. The highest BCUT2D eigenvalue weighted by molar-refractivity contribution is 7.14. The van der Waals surface area contributed by atoms with Gasteiger partial charge in [-0.3, -0.25) is 19.6 Å². The summed E-state index contributed by atoms with van der Waals surface area (Å²) in [4.78, 5) is 35.3. The molecule has 0 radical (unpaired) electrons. The molecule has 0 saturated carbocycles. The van der Waals surface area contributed by atoms with Crippen LogP contribution in [0.4, 0.5) is 13.2 Å². The van der Waals surface area contributed by atoms with E-state index in [-0.39, 0.29) is 17.8 Å². The van der Waals surface area contributed by atoms with E-state index in [2.05, 4.69) is 30.5 Å². The van der Waals surface area contributed by atoms with Crippen molar-refractivity contribution in [2.45, 2.75) is 6.54 Å². The summed E-state index contributed by atoms with van der Waals surface area (Å²) < 4.78 is 40.7. The maximum Gasteiger partial charge on any atom is 0.268 e. The lowest BCUT2D eigenvalue weighted by Gasteiger charge is -2.03. The number of H-pyrrole nitrogens is 1. The van der Waals surface area contributed by atoms with Gasteiger partial charge in [0.15, 0.2) is 10.8 Å². The molecule has 1 aromatic carbocycles. The van der Waals surface area contributed by atoms with Crippen LogP contribution in [0.5, 0.6) is 0 Å². The average molecular weight is 444 g/mol. The zero-order valence-corrected chi connectivity index (χ0v) is 16.2. The normalized spacial score (nSPS) is 10.8. The van der Waals surface area contributed by atoms with Crippen molar-refractivity contribution in [3.05, 3.63) is 82.3 Å². The van der Waals surface area contributed by atoms with Gasteiger partial charge >= 0.3 is 0 Å². The summed E-state index contributed by atoms with van der Waals surface area (Å²) >= 11 is 1.22. The molecule has 0 aliphatic rings. The van der Waals surface area contributed by atoms with Gasteiger partial charge in [0.05, 0.1) is 18.3 Å². The van der Waals surface area contributed by atoms with E-state index in [1.54, 1.807) is 0 Å². The van der Waals surface area contributed by atoms with Gasteiger partial charge in [0.2, 0.25) is 0 Å². The maximum atomic E-state index is 13.8. The van der Waals surface area contributed by atoms with Crippen LogP contribution in [0.25, 0.3) is 10.7 Å². The molecular weight excluding hydrogens is 433 g/mol. The van der Waals surface area contributed by atoms with Crippen molar-refractivity contribution < 1.29 is 22.8 Å². The number of nitrogens with zero attached hydrogens (tertiary/aromatic N) is 4. The van der Waals surface area contributed by atoms with Gasteiger partial charge in [0.25, 0.3) is 5.91 Å². The van der Waals surface area contributed by atoms with Crippen LogP contribution >= 0.6 is 11.3 Å². The predicted molar refractivity (Wildman–Crippen MR) is 103 cm³/mol. The smallest absolute Gasteiger partial charge is 0.268 e. The van der Waals surface area contributed by atoms with Gasteiger partial charge in [0, 0.05) is 36.3 Å². The number of carbonyl (C=O) groups is 2. The van der Waals surface area contributed by atoms with Crippen molar-refractivity contribution in [2.75, 3.05) is 0 Å². The van der Waals surface area contributed by atoms with Gasteiger partial charge < -0.3 is 10.3 Å². The summed E-state index contributed by atoms with van der Waals surface area (Å²) in [5, 5.41) is 11.6. The first-order chi connectivity index (χ1) is 14.9. The number of halogens is 3. The molecule has 0 unspecified atom stereocenters. The fraction of sp³-hybridized carbons (Fsp3) is 0.0526. The second-order valence-electron chi connectivity index (χ2n) is 6.15. The van der Waals surface area contributed by atoms with Crippen molar-refractivity contribution in [1.82, 2.24) is 30.5 Å². The van der Waals surface area contributed by atoms with Gasteiger partial charge in [-0.2, -0.15) is 0 Å². The number of benzene rings is 1. The Morgan fingerprint density at radius 2 is 1.84 bits per heavy atom. The Morgan fingerprint density at radius 1 is 1.06 bits per heavy atom. The van der Waals surface area contributed by atoms with E-state index >= 15 is 0 Å². The second kappa shape index (κ2) is 8.44. The minimum Gasteiger partial charge on any atom is -0.356 e. The fourth-order valence-corrected chi connectivity index (χ4v) is 3.39. The zero-order valence-electron chi connectivity index (χ0n) is 15.4. The van der Waals surface area contributed by atoms with Crippen molar-refractivity contribution in [3.63, 3.8) is 0 Å². The van der Waals surface area contributed by atoms with Gasteiger partial charge in [-0.25, -0.2) is 13.2 Å². The third-order valence-corrected chi connectivity index (χ3v) is 5.02. The Labute approximate surface area is 176 Å². The van der Waals surface area contributed by atoms with E-state index in [0.29, 0.717) is 27.8 Å². The van der Waals surface area contributed by atoms with E-state index in [0.717, 1.165) is 12.3 Å². The monoisotopic (exact) mass is 444 g/mol. The largest absolute Gasteiger partial charge is 0.356 e. The van der Waals surface area contributed by atoms with Crippen LogP contribution in [-0.2, 0) is 6.54 Å². The molecule has 8 nitrogen and oxygen atoms in total. The lowest BCUT2D eigenvalue weighted by molar-refractivity contribution is 0.0946. The number of rotatable bonds is 6. The molecule has 2 N–H and O–H groups in total. The Morgan fingerprint density at radius 3 is 2.55 bits per heavy atom. The Bertz CT molecular complexity index is 1250. The van der Waals surface area contributed by atoms with Gasteiger partial charge in [-0.05, 0) is 6.07 Å². The molecule has 3 aromatic heterocycles. The third kappa shape index (κ3) is 4.33. The van der Waals surface area contributed by atoms with Crippen molar-refractivity contribution in [2.24, 2.45) is 0 Å². The molecule has 3 heterocycles. The minimum absolute atomic E-state index is 0.00931. The molecule has 31 heavy (non-hydrogen) atoms. The molecule has 156 valence electrons. The van der Waals surface area contributed by atoms with Crippen LogP contribution in [0.2, 0.25) is 0 Å². The van der Waals surface area contributed by atoms with Crippen molar-refractivity contribution in [3.8, 4) is 10.7 Å². The molecule has 1 amide bonds. The lowest BCUT2D eigenvalue weighted by atomic mass is 10.0. The number of aromatic amines is 1. The molecular formula is C19H11F3N6O2S. The van der Waals surface area contributed by atoms with Crippen molar-refractivity contribution >= 4 is 23.0 Å². The van der Waals surface area contributed by atoms with Crippen LogP contribution in [-0.4, -0.2) is 36.8 Å². The Balaban J connectivity index is 1.43. The summed E-state index contributed by atoms with van der Waals surface area (Å²) in [5.41, 5.74) is -0.525. The standard InChI is InChI=1S/C19H11F3N6O2S/c20-10-4-11(21)16(12(22)5-10)17(29)9-3-13(25-6-9)18(30)26-8-15-27-28-19(31-15)14-7-23-1-2-24-14/h1-7,25H,8H2,(H,26,30). The highest BCUT2D eigenvalue weighted by Gasteiger charge is 2.22. The Kier molecular flexibility index (Phi) is 5.54. The number of aromatic nitrogens is 5. The molecule has 4 rings (SSSR count). The van der Waals surface area contributed by atoms with E-state index in [4.69, 9.17) is 0 Å². The van der Waals surface area contributed by atoms with Crippen LogP contribution < -0.4 is 5.32 Å². The molecule has 0 aliphatic carbocycles. The summed E-state index contributed by atoms with van der Waals surface area (Å²) in [5.74, 6) is -5.40. The molecule has 4 aromatic rings. The minimum atomic E-state index is -1.33. The average Bonchev–Trinajstić information content (AvgIpc) is 3.42. The van der Waals surface area contributed by atoms with Crippen LogP contribution in [0, 0.1) is 17.5 Å². The van der Waals surface area contributed by atoms with E-state index in [9.17, 15) is 22.8 Å². The third-order valence-electron chi connectivity index (χ3n) is 4.07. The highest BCUT2D eigenvalue weighted by Crippen LogP contribution is 2.21. The number of carbonyl (C=O) groups excluding carboxylic acids is 2. The summed E-state index contributed by atoms with van der Waals surface area (Å²) in [6.07, 6.45) is 5.72. The molecule has 0 atom stereocenters. The number of ketones is 1. The molecule has 0 saturated heterocycles.